The number of hydrogen-bond donors (Lipinski definition) is 4. The first-order valence-electron chi connectivity index (χ1n) is 6.53. The molecule has 11 heteroatoms. The van der Waals surface area contributed by atoms with E-state index in [1.54, 1.807) is 12.1 Å². The molecule has 1 amide bonds. The number of pyridine rings is 1. The second-order valence-electron chi connectivity index (χ2n) is 4.44. The highest BCUT2D eigenvalue weighted by molar-refractivity contribution is 6.03. The fourth-order valence-electron chi connectivity index (χ4n) is 1.86. The molecule has 0 spiro atoms. The van der Waals surface area contributed by atoms with E-state index in [1.807, 2.05) is 0 Å². The number of ether oxygens (including phenoxy) is 2. The molecule has 0 aromatic carbocycles. The van der Waals surface area contributed by atoms with Gasteiger partial charge in [0.1, 0.15) is 5.69 Å². The van der Waals surface area contributed by atoms with E-state index in [1.165, 1.54) is 14.2 Å². The Morgan fingerprint density at radius 2 is 1.75 bits per heavy atom. The van der Waals surface area contributed by atoms with Gasteiger partial charge < -0.3 is 32.4 Å². The summed E-state index contributed by atoms with van der Waals surface area (Å²) in [5.74, 6) is -0.981. The molecular formula is C13H16N8O3. The molecule has 24 heavy (non-hydrogen) atoms. The molecule has 2 rings (SSSR count). The Bertz CT molecular complexity index is 817. The van der Waals surface area contributed by atoms with E-state index in [2.05, 4.69) is 19.9 Å². The van der Waals surface area contributed by atoms with Crippen LogP contribution < -0.4 is 32.4 Å². The number of anilines is 2. The van der Waals surface area contributed by atoms with Crippen molar-refractivity contribution >= 4 is 23.5 Å². The van der Waals surface area contributed by atoms with E-state index in [-0.39, 0.29) is 28.9 Å². The van der Waals surface area contributed by atoms with E-state index in [0.717, 1.165) is 0 Å². The van der Waals surface area contributed by atoms with Crippen molar-refractivity contribution in [2.45, 2.75) is 0 Å². The van der Waals surface area contributed by atoms with E-state index in [0.29, 0.717) is 11.4 Å². The Balaban J connectivity index is 2.63. The molecule has 0 atom stereocenters. The molecule has 2 heterocycles. The van der Waals surface area contributed by atoms with Crippen LogP contribution in [0.5, 0.6) is 11.8 Å². The van der Waals surface area contributed by atoms with Crippen molar-refractivity contribution in [3.8, 4) is 23.0 Å². The maximum Gasteiger partial charge on any atom is 0.302 e. The van der Waals surface area contributed by atoms with Crippen LogP contribution >= 0.6 is 0 Å². The second-order valence-corrected chi connectivity index (χ2v) is 4.44. The Labute approximate surface area is 136 Å². The molecule has 0 aliphatic rings. The normalized spacial score (nSPS) is 10.1. The van der Waals surface area contributed by atoms with Crippen molar-refractivity contribution in [3.05, 3.63) is 17.8 Å². The first-order valence-corrected chi connectivity index (χ1v) is 6.53. The Morgan fingerprint density at radius 1 is 1.04 bits per heavy atom. The highest BCUT2D eigenvalue weighted by Crippen LogP contribution is 2.32. The van der Waals surface area contributed by atoms with E-state index >= 15 is 0 Å². The third kappa shape index (κ3) is 3.24. The summed E-state index contributed by atoms with van der Waals surface area (Å²) in [7, 11) is 2.88. The number of guanidine groups is 1. The maximum absolute atomic E-state index is 12.0. The molecule has 11 nitrogen and oxygen atoms in total. The molecule has 0 bridgehead atoms. The van der Waals surface area contributed by atoms with Crippen molar-refractivity contribution in [2.75, 3.05) is 25.7 Å². The summed E-state index contributed by atoms with van der Waals surface area (Å²) in [6.07, 6.45) is 0. The van der Waals surface area contributed by atoms with Gasteiger partial charge in [0, 0.05) is 6.07 Å². The molecule has 0 saturated carbocycles. The van der Waals surface area contributed by atoms with Crippen molar-refractivity contribution in [1.82, 2.24) is 15.0 Å². The number of hydrogen-bond acceptors (Lipinski definition) is 8. The lowest BCUT2D eigenvalue weighted by atomic mass is 10.2. The van der Waals surface area contributed by atoms with Crippen LogP contribution in [0, 0.1) is 0 Å². The SMILES string of the molecule is COc1ccc(-c2nc(C(=O)N=C(N)N)c(N)nc2N)c(OC)n1. The molecule has 0 aliphatic carbocycles. The van der Waals surface area contributed by atoms with E-state index in [9.17, 15) is 4.79 Å². The summed E-state index contributed by atoms with van der Waals surface area (Å²) < 4.78 is 10.2. The third-order valence-corrected chi connectivity index (χ3v) is 2.88. The number of carbonyl (C=O) groups excluding carboxylic acids is 1. The van der Waals surface area contributed by atoms with Gasteiger partial charge in [-0.05, 0) is 6.07 Å². The fourth-order valence-corrected chi connectivity index (χ4v) is 1.86. The fraction of sp³-hybridized carbons (Fsp3) is 0.154. The Hall–Kier alpha value is -3.63. The van der Waals surface area contributed by atoms with Crippen molar-refractivity contribution < 1.29 is 14.3 Å². The highest BCUT2D eigenvalue weighted by Gasteiger charge is 2.20. The number of nitrogens with two attached hydrogens (primary N) is 4. The summed E-state index contributed by atoms with van der Waals surface area (Å²) in [5.41, 5.74) is 22.2. The first-order chi connectivity index (χ1) is 11.4. The summed E-state index contributed by atoms with van der Waals surface area (Å²) in [5, 5.41) is 0. The largest absolute Gasteiger partial charge is 0.481 e. The van der Waals surface area contributed by atoms with Gasteiger partial charge in [0.25, 0.3) is 0 Å². The number of carbonyl (C=O) groups is 1. The van der Waals surface area contributed by atoms with Gasteiger partial charge in [-0.2, -0.15) is 9.98 Å². The molecule has 0 unspecified atom stereocenters. The van der Waals surface area contributed by atoms with Crippen LogP contribution in [-0.2, 0) is 0 Å². The minimum absolute atomic E-state index is 0.0148. The van der Waals surface area contributed by atoms with Gasteiger partial charge in [-0.3, -0.25) is 4.79 Å². The van der Waals surface area contributed by atoms with Crippen LogP contribution in [0.2, 0.25) is 0 Å². The average molecular weight is 332 g/mol. The molecule has 2 aromatic heterocycles. The number of rotatable bonds is 4. The number of aliphatic imine (C=N–C) groups is 1. The van der Waals surface area contributed by atoms with Crippen molar-refractivity contribution in [2.24, 2.45) is 16.5 Å². The Morgan fingerprint density at radius 3 is 2.33 bits per heavy atom. The number of methoxy groups -OCH3 is 2. The molecule has 0 aliphatic heterocycles. The average Bonchev–Trinajstić information content (AvgIpc) is 2.53. The number of nitrogens with zero attached hydrogens (tertiary/aromatic N) is 4. The van der Waals surface area contributed by atoms with Crippen LogP contribution in [0.15, 0.2) is 17.1 Å². The third-order valence-electron chi connectivity index (χ3n) is 2.88. The van der Waals surface area contributed by atoms with E-state index in [4.69, 9.17) is 32.4 Å². The zero-order chi connectivity index (χ0) is 17.9. The molecule has 8 N–H and O–H groups in total. The van der Waals surface area contributed by atoms with Crippen molar-refractivity contribution in [3.63, 3.8) is 0 Å². The molecule has 0 saturated heterocycles. The summed E-state index contributed by atoms with van der Waals surface area (Å²) in [6, 6.07) is 3.18. The first kappa shape index (κ1) is 16.7. The quantitative estimate of drug-likeness (QED) is 0.404. The van der Waals surface area contributed by atoms with Crippen LogP contribution in [0.1, 0.15) is 10.5 Å². The van der Waals surface area contributed by atoms with Gasteiger partial charge in [0.2, 0.25) is 11.8 Å². The Kier molecular flexibility index (Phi) is 4.63. The van der Waals surface area contributed by atoms with Gasteiger partial charge in [-0.1, -0.05) is 0 Å². The van der Waals surface area contributed by atoms with Crippen LogP contribution in [0.4, 0.5) is 11.6 Å². The number of nitrogen functional groups attached to an aromatic ring is 2. The van der Waals surface area contributed by atoms with Crippen LogP contribution in [-0.4, -0.2) is 41.0 Å². The lowest BCUT2D eigenvalue weighted by Crippen LogP contribution is -2.25. The molecule has 2 aromatic rings. The summed E-state index contributed by atoms with van der Waals surface area (Å²) in [4.78, 5) is 27.5. The minimum Gasteiger partial charge on any atom is -0.481 e. The molecule has 126 valence electrons. The lowest BCUT2D eigenvalue weighted by Gasteiger charge is -2.11. The second kappa shape index (κ2) is 6.64. The summed E-state index contributed by atoms with van der Waals surface area (Å²) >= 11 is 0. The van der Waals surface area contributed by atoms with Crippen molar-refractivity contribution in [1.29, 1.82) is 0 Å². The van der Waals surface area contributed by atoms with Gasteiger partial charge in [-0.25, -0.2) is 9.97 Å². The van der Waals surface area contributed by atoms with Gasteiger partial charge in [0.05, 0.1) is 19.8 Å². The predicted molar refractivity (Wildman–Crippen MR) is 87.3 cm³/mol. The predicted octanol–water partition coefficient (Wildman–Crippen LogP) is -0.866. The smallest absolute Gasteiger partial charge is 0.302 e. The summed E-state index contributed by atoms with van der Waals surface area (Å²) in [6.45, 7) is 0. The van der Waals surface area contributed by atoms with Crippen LogP contribution in [0.25, 0.3) is 11.3 Å². The highest BCUT2D eigenvalue weighted by atomic mass is 16.5. The topological polar surface area (TPSA) is 191 Å². The monoisotopic (exact) mass is 332 g/mol. The molecule has 0 radical (unpaired) electrons. The minimum atomic E-state index is -0.846. The lowest BCUT2D eigenvalue weighted by molar-refractivity contribution is 0.0998. The maximum atomic E-state index is 12.0. The number of aromatic nitrogens is 3. The van der Waals surface area contributed by atoms with Gasteiger partial charge in [0.15, 0.2) is 23.3 Å². The molecule has 0 fully saturated rings. The molecular weight excluding hydrogens is 316 g/mol. The van der Waals surface area contributed by atoms with Gasteiger partial charge >= 0.3 is 5.91 Å². The standard InChI is InChI=1S/C13H16N8O3/c1-23-6-4-3-5(12(18-6)24-2)7-9(14)20-10(15)8(19-7)11(22)21-13(16)17/h3-4H,1-2H3,(H4,14,15,20)(H4,16,17,21,22). The zero-order valence-electron chi connectivity index (χ0n) is 13.0. The van der Waals surface area contributed by atoms with Gasteiger partial charge in [-0.15, -0.1) is 0 Å². The zero-order valence-corrected chi connectivity index (χ0v) is 13.0. The van der Waals surface area contributed by atoms with Crippen LogP contribution in [0.3, 0.4) is 0 Å². The van der Waals surface area contributed by atoms with E-state index < -0.39 is 11.9 Å². The number of amides is 1.